The Morgan fingerprint density at radius 3 is 2.39 bits per heavy atom. The highest BCUT2D eigenvalue weighted by Gasteiger charge is 2.17. The molecular weight excluding hydrogens is 220 g/mol. The maximum absolute atomic E-state index is 6.02. The van der Waals surface area contributed by atoms with E-state index in [9.17, 15) is 0 Å². The minimum absolute atomic E-state index is 0.855. The van der Waals surface area contributed by atoms with Crippen molar-refractivity contribution in [2.75, 3.05) is 0 Å². The molecule has 1 heterocycles. The first-order valence-corrected chi connectivity index (χ1v) is 6.19. The first-order valence-electron chi connectivity index (χ1n) is 6.19. The van der Waals surface area contributed by atoms with E-state index in [1.165, 1.54) is 16.7 Å². The quantitative estimate of drug-likeness (QED) is 0.646. The largest absolute Gasteiger partial charge is 0.456 e. The van der Waals surface area contributed by atoms with Crippen molar-refractivity contribution in [1.29, 1.82) is 0 Å². The molecule has 0 atom stereocenters. The Balaban J connectivity index is 2.16. The monoisotopic (exact) mass is 236 g/mol. The molecule has 1 aliphatic rings. The van der Waals surface area contributed by atoms with Gasteiger partial charge in [0.15, 0.2) is 0 Å². The van der Waals surface area contributed by atoms with Gasteiger partial charge in [-0.15, -0.1) is 0 Å². The van der Waals surface area contributed by atoms with Crippen LogP contribution in [0, 0.1) is 13.8 Å². The van der Waals surface area contributed by atoms with Crippen LogP contribution in [0.1, 0.15) is 22.3 Å². The third-order valence-electron chi connectivity index (χ3n) is 3.36. The van der Waals surface area contributed by atoms with Crippen LogP contribution in [-0.2, 0) is 6.42 Å². The molecule has 0 spiro atoms. The van der Waals surface area contributed by atoms with Crippen LogP contribution in [0.2, 0.25) is 0 Å². The van der Waals surface area contributed by atoms with Crippen molar-refractivity contribution in [3.05, 3.63) is 65.2 Å². The molecule has 0 amide bonds. The van der Waals surface area contributed by atoms with Crippen LogP contribution in [0.3, 0.4) is 0 Å². The lowest BCUT2D eigenvalue weighted by Crippen LogP contribution is -1.88. The van der Waals surface area contributed by atoms with Crippen molar-refractivity contribution in [1.82, 2.24) is 0 Å². The van der Waals surface area contributed by atoms with Gasteiger partial charge in [0.2, 0.25) is 0 Å². The van der Waals surface area contributed by atoms with Gasteiger partial charge in [0.05, 0.1) is 0 Å². The van der Waals surface area contributed by atoms with Crippen LogP contribution in [-0.4, -0.2) is 0 Å². The minimum atomic E-state index is 0.855. The van der Waals surface area contributed by atoms with Gasteiger partial charge in [0, 0.05) is 12.0 Å². The molecule has 3 rings (SSSR count). The van der Waals surface area contributed by atoms with E-state index < -0.39 is 0 Å². The Hall–Kier alpha value is -2.02. The minimum Gasteiger partial charge on any atom is -0.456 e. The van der Waals surface area contributed by atoms with Crippen molar-refractivity contribution in [3.63, 3.8) is 0 Å². The fraction of sp³-hybridized carbons (Fsp3) is 0.176. The first kappa shape index (κ1) is 11.1. The molecule has 0 saturated carbocycles. The summed E-state index contributed by atoms with van der Waals surface area (Å²) in [5.41, 5.74) is 5.96. The van der Waals surface area contributed by atoms with Gasteiger partial charge < -0.3 is 4.74 Å². The molecule has 2 aromatic carbocycles. The highest BCUT2D eigenvalue weighted by Crippen LogP contribution is 2.38. The average Bonchev–Trinajstić information content (AvgIpc) is 2.46. The molecule has 1 nitrogen and oxygen atoms in total. The third-order valence-corrected chi connectivity index (χ3v) is 3.36. The summed E-state index contributed by atoms with van der Waals surface area (Å²) in [5, 5.41) is 0. The number of fused-ring (bicyclic) bond motifs is 2. The van der Waals surface area contributed by atoms with Crippen LogP contribution in [0.25, 0.3) is 5.57 Å². The van der Waals surface area contributed by atoms with Gasteiger partial charge in [-0.2, -0.15) is 0 Å². The number of allylic oxidation sites excluding steroid dienone is 1. The average molecular weight is 236 g/mol. The van der Waals surface area contributed by atoms with Gasteiger partial charge in [-0.25, -0.2) is 0 Å². The van der Waals surface area contributed by atoms with Crippen molar-refractivity contribution in [2.45, 2.75) is 20.3 Å². The third kappa shape index (κ3) is 1.82. The Morgan fingerprint density at radius 1 is 0.944 bits per heavy atom. The molecule has 0 unspecified atom stereocenters. The lowest BCUT2D eigenvalue weighted by Gasteiger charge is -2.09. The van der Waals surface area contributed by atoms with Gasteiger partial charge in [0.1, 0.15) is 11.5 Å². The summed E-state index contributed by atoms with van der Waals surface area (Å²) in [7, 11) is 0. The van der Waals surface area contributed by atoms with E-state index in [0.29, 0.717) is 0 Å². The molecule has 0 bridgehead atoms. The summed E-state index contributed by atoms with van der Waals surface area (Å²) in [6, 6.07) is 12.6. The van der Waals surface area contributed by atoms with Gasteiger partial charge in [0.25, 0.3) is 0 Å². The van der Waals surface area contributed by atoms with E-state index in [1.54, 1.807) is 0 Å². The molecule has 0 N–H and O–H groups in total. The summed E-state index contributed by atoms with van der Waals surface area (Å²) < 4.78 is 6.02. The SMILES string of the molecule is C=C1Cc2cc(C)ccc2Oc2ccc(C)cc21. The van der Waals surface area contributed by atoms with Gasteiger partial charge in [-0.1, -0.05) is 35.9 Å². The normalized spacial score (nSPS) is 13.3. The van der Waals surface area contributed by atoms with Crippen LogP contribution in [0.5, 0.6) is 11.5 Å². The number of ether oxygens (including phenoxy) is 1. The molecule has 0 aliphatic carbocycles. The van der Waals surface area contributed by atoms with E-state index in [4.69, 9.17) is 4.74 Å². The predicted octanol–water partition coefficient (Wildman–Crippen LogP) is 4.67. The zero-order valence-corrected chi connectivity index (χ0v) is 10.8. The van der Waals surface area contributed by atoms with Crippen LogP contribution < -0.4 is 4.74 Å². The maximum atomic E-state index is 6.02. The Kier molecular flexibility index (Phi) is 2.48. The second kappa shape index (κ2) is 4.02. The second-order valence-corrected chi connectivity index (χ2v) is 4.99. The Bertz CT molecular complexity index is 638. The van der Waals surface area contributed by atoms with Crippen LogP contribution in [0.4, 0.5) is 0 Å². The van der Waals surface area contributed by atoms with E-state index in [0.717, 1.165) is 29.1 Å². The van der Waals surface area contributed by atoms with Gasteiger partial charge >= 0.3 is 0 Å². The van der Waals surface area contributed by atoms with E-state index in [2.05, 4.69) is 44.7 Å². The summed E-state index contributed by atoms with van der Waals surface area (Å²) in [4.78, 5) is 0. The fourth-order valence-corrected chi connectivity index (χ4v) is 2.40. The maximum Gasteiger partial charge on any atom is 0.134 e. The molecule has 0 fully saturated rings. The topological polar surface area (TPSA) is 9.23 Å². The number of aryl methyl sites for hydroxylation is 2. The fourth-order valence-electron chi connectivity index (χ4n) is 2.40. The molecule has 0 saturated heterocycles. The highest BCUT2D eigenvalue weighted by molar-refractivity contribution is 5.74. The smallest absolute Gasteiger partial charge is 0.134 e. The van der Waals surface area contributed by atoms with Gasteiger partial charge in [-0.05, 0) is 43.2 Å². The molecule has 2 aromatic rings. The van der Waals surface area contributed by atoms with E-state index in [-0.39, 0.29) is 0 Å². The summed E-state index contributed by atoms with van der Waals surface area (Å²) in [5.74, 6) is 1.86. The lowest BCUT2D eigenvalue weighted by molar-refractivity contribution is 0.479. The standard InChI is InChI=1S/C17H16O/c1-11-4-6-16-14(8-11)10-13(3)15-9-12(2)5-7-17(15)18-16/h4-9H,3,10H2,1-2H3. The Labute approximate surface area is 108 Å². The zero-order chi connectivity index (χ0) is 12.7. The van der Waals surface area contributed by atoms with E-state index >= 15 is 0 Å². The number of hydrogen-bond acceptors (Lipinski definition) is 1. The second-order valence-electron chi connectivity index (χ2n) is 4.99. The summed E-state index contributed by atoms with van der Waals surface area (Å²) in [6.07, 6.45) is 0.855. The summed E-state index contributed by atoms with van der Waals surface area (Å²) >= 11 is 0. The molecule has 0 aromatic heterocycles. The molecular formula is C17H16O. The molecule has 1 aliphatic heterocycles. The number of benzene rings is 2. The van der Waals surface area contributed by atoms with E-state index in [1.807, 2.05) is 12.1 Å². The number of hydrogen-bond donors (Lipinski definition) is 0. The molecule has 0 radical (unpaired) electrons. The predicted molar refractivity (Wildman–Crippen MR) is 75.2 cm³/mol. The first-order chi connectivity index (χ1) is 8.63. The molecule has 18 heavy (non-hydrogen) atoms. The summed E-state index contributed by atoms with van der Waals surface area (Å²) in [6.45, 7) is 8.40. The van der Waals surface area contributed by atoms with Crippen LogP contribution >= 0.6 is 0 Å². The Morgan fingerprint density at radius 2 is 1.61 bits per heavy atom. The zero-order valence-electron chi connectivity index (χ0n) is 10.8. The number of rotatable bonds is 0. The molecule has 90 valence electrons. The van der Waals surface area contributed by atoms with Crippen molar-refractivity contribution in [2.24, 2.45) is 0 Å². The van der Waals surface area contributed by atoms with Crippen LogP contribution in [0.15, 0.2) is 43.0 Å². The highest BCUT2D eigenvalue weighted by atomic mass is 16.5. The lowest BCUT2D eigenvalue weighted by atomic mass is 9.98. The van der Waals surface area contributed by atoms with Crippen molar-refractivity contribution in [3.8, 4) is 11.5 Å². The molecule has 1 heteroatoms. The van der Waals surface area contributed by atoms with Crippen molar-refractivity contribution >= 4 is 5.57 Å². The van der Waals surface area contributed by atoms with Gasteiger partial charge in [-0.3, -0.25) is 0 Å². The van der Waals surface area contributed by atoms with Crippen molar-refractivity contribution < 1.29 is 4.74 Å².